The Balaban J connectivity index is 1.79. The SMILES string of the molecule is CN(CCC(Oc1cccc(-c2ccnc(Cl)n2)c1)c1cccs1)C(=O)O. The molecule has 0 aliphatic carbocycles. The molecule has 1 unspecified atom stereocenters. The number of benzene rings is 1. The Kier molecular flexibility index (Phi) is 6.26. The molecule has 3 aromatic rings. The van der Waals surface area contributed by atoms with Crippen molar-refractivity contribution in [3.63, 3.8) is 0 Å². The fourth-order valence-electron chi connectivity index (χ4n) is 2.53. The minimum atomic E-state index is -0.956. The zero-order chi connectivity index (χ0) is 19.2. The van der Waals surface area contributed by atoms with Crippen LogP contribution in [0, 0.1) is 0 Å². The molecule has 140 valence electrons. The van der Waals surface area contributed by atoms with E-state index in [9.17, 15) is 4.79 Å². The zero-order valence-corrected chi connectivity index (χ0v) is 16.2. The Morgan fingerprint density at radius 1 is 1.33 bits per heavy atom. The first-order valence-electron chi connectivity index (χ1n) is 8.26. The third kappa shape index (κ3) is 5.18. The van der Waals surface area contributed by atoms with Crippen molar-refractivity contribution < 1.29 is 14.6 Å². The van der Waals surface area contributed by atoms with Crippen molar-refractivity contribution in [3.05, 3.63) is 64.2 Å². The highest BCUT2D eigenvalue weighted by molar-refractivity contribution is 7.10. The van der Waals surface area contributed by atoms with E-state index < -0.39 is 6.09 Å². The second-order valence-electron chi connectivity index (χ2n) is 5.85. The van der Waals surface area contributed by atoms with E-state index in [-0.39, 0.29) is 11.4 Å². The van der Waals surface area contributed by atoms with E-state index in [2.05, 4.69) is 9.97 Å². The van der Waals surface area contributed by atoms with Crippen molar-refractivity contribution in [3.8, 4) is 17.0 Å². The van der Waals surface area contributed by atoms with Crippen molar-refractivity contribution in [1.82, 2.24) is 14.9 Å². The minimum absolute atomic E-state index is 0.187. The van der Waals surface area contributed by atoms with E-state index in [1.807, 2.05) is 41.8 Å². The number of ether oxygens (including phenoxy) is 1. The summed E-state index contributed by atoms with van der Waals surface area (Å²) in [6.07, 6.45) is 0.958. The number of aromatic nitrogens is 2. The molecule has 0 saturated carbocycles. The van der Waals surface area contributed by atoms with Crippen LogP contribution < -0.4 is 4.74 Å². The predicted molar refractivity (Wildman–Crippen MR) is 105 cm³/mol. The maximum absolute atomic E-state index is 11.1. The molecular weight excluding hydrogens is 386 g/mol. The summed E-state index contributed by atoms with van der Waals surface area (Å²) < 4.78 is 6.20. The van der Waals surface area contributed by atoms with Gasteiger partial charge in [0.25, 0.3) is 0 Å². The number of halogens is 1. The molecule has 2 heterocycles. The summed E-state index contributed by atoms with van der Waals surface area (Å²) in [5.41, 5.74) is 1.57. The first kappa shape index (κ1) is 19.1. The topological polar surface area (TPSA) is 75.5 Å². The largest absolute Gasteiger partial charge is 0.485 e. The van der Waals surface area contributed by atoms with Gasteiger partial charge >= 0.3 is 6.09 Å². The molecule has 0 spiro atoms. The van der Waals surface area contributed by atoms with Gasteiger partial charge < -0.3 is 14.7 Å². The van der Waals surface area contributed by atoms with Crippen LogP contribution in [-0.4, -0.2) is 39.7 Å². The van der Waals surface area contributed by atoms with Crippen LogP contribution in [0.15, 0.2) is 54.0 Å². The van der Waals surface area contributed by atoms with E-state index in [1.165, 1.54) is 4.90 Å². The number of nitrogens with zero attached hydrogens (tertiary/aromatic N) is 3. The molecule has 1 atom stereocenters. The van der Waals surface area contributed by atoms with Gasteiger partial charge in [-0.25, -0.2) is 14.8 Å². The lowest BCUT2D eigenvalue weighted by molar-refractivity contribution is 0.141. The summed E-state index contributed by atoms with van der Waals surface area (Å²) in [4.78, 5) is 21.5. The van der Waals surface area contributed by atoms with Gasteiger partial charge in [0, 0.05) is 36.7 Å². The Bertz CT molecular complexity index is 905. The molecule has 0 saturated heterocycles. The van der Waals surface area contributed by atoms with Crippen LogP contribution in [0.25, 0.3) is 11.3 Å². The lowest BCUT2D eigenvalue weighted by atomic mass is 10.1. The fourth-order valence-corrected chi connectivity index (χ4v) is 3.47. The summed E-state index contributed by atoms with van der Waals surface area (Å²) in [6, 6.07) is 13.3. The molecule has 6 nitrogen and oxygen atoms in total. The van der Waals surface area contributed by atoms with Crippen LogP contribution in [0.4, 0.5) is 4.79 Å². The van der Waals surface area contributed by atoms with Gasteiger partial charge in [-0.05, 0) is 41.2 Å². The second kappa shape index (κ2) is 8.83. The fraction of sp³-hybridized carbons (Fsp3) is 0.211. The lowest BCUT2D eigenvalue weighted by Crippen LogP contribution is -2.27. The summed E-state index contributed by atoms with van der Waals surface area (Å²) >= 11 is 7.46. The quantitative estimate of drug-likeness (QED) is 0.563. The van der Waals surface area contributed by atoms with E-state index in [0.717, 1.165) is 10.4 Å². The van der Waals surface area contributed by atoms with Crippen LogP contribution in [0.1, 0.15) is 17.4 Å². The van der Waals surface area contributed by atoms with Gasteiger partial charge in [0.05, 0.1) is 5.69 Å². The highest BCUT2D eigenvalue weighted by atomic mass is 35.5. The van der Waals surface area contributed by atoms with Gasteiger partial charge in [-0.15, -0.1) is 11.3 Å². The zero-order valence-electron chi connectivity index (χ0n) is 14.6. The van der Waals surface area contributed by atoms with Crippen molar-refractivity contribution in [2.45, 2.75) is 12.5 Å². The smallest absolute Gasteiger partial charge is 0.407 e. The number of thiophene rings is 1. The van der Waals surface area contributed by atoms with E-state index >= 15 is 0 Å². The standard InChI is InChI=1S/C19H18ClN3O3S/c1-23(19(24)25)10-8-16(17-6-3-11-27-17)26-14-5-2-4-13(12-14)15-7-9-21-18(20)22-15/h2-7,9,11-12,16H,8,10H2,1H3,(H,24,25). The number of carbonyl (C=O) groups is 1. The van der Waals surface area contributed by atoms with Gasteiger partial charge in [0.15, 0.2) is 0 Å². The van der Waals surface area contributed by atoms with Crippen LogP contribution in [0.3, 0.4) is 0 Å². The summed E-state index contributed by atoms with van der Waals surface area (Å²) in [7, 11) is 1.55. The minimum Gasteiger partial charge on any atom is -0.485 e. The molecule has 1 amide bonds. The molecule has 1 aromatic carbocycles. The average Bonchev–Trinajstić information content (AvgIpc) is 3.19. The number of hydrogen-bond acceptors (Lipinski definition) is 5. The van der Waals surface area contributed by atoms with Gasteiger partial charge in [-0.2, -0.15) is 0 Å². The van der Waals surface area contributed by atoms with Crippen molar-refractivity contribution >= 4 is 29.0 Å². The number of carboxylic acid groups (broad SMARTS) is 1. The van der Waals surface area contributed by atoms with Crippen molar-refractivity contribution in [2.75, 3.05) is 13.6 Å². The van der Waals surface area contributed by atoms with Gasteiger partial charge in [0.2, 0.25) is 5.28 Å². The van der Waals surface area contributed by atoms with E-state index in [1.54, 1.807) is 30.6 Å². The van der Waals surface area contributed by atoms with Gasteiger partial charge in [0.1, 0.15) is 11.9 Å². The van der Waals surface area contributed by atoms with Gasteiger partial charge in [-0.3, -0.25) is 0 Å². The summed E-state index contributed by atoms with van der Waals surface area (Å²) in [6.45, 7) is 0.374. The first-order chi connectivity index (χ1) is 13.0. The Labute approximate surface area is 166 Å². The molecule has 8 heteroatoms. The molecule has 0 aliphatic rings. The number of hydrogen-bond donors (Lipinski definition) is 1. The molecule has 0 aliphatic heterocycles. The van der Waals surface area contributed by atoms with Gasteiger partial charge in [-0.1, -0.05) is 18.2 Å². The number of amides is 1. The summed E-state index contributed by atoms with van der Waals surface area (Å²) in [5, 5.41) is 11.2. The normalized spacial score (nSPS) is 11.8. The van der Waals surface area contributed by atoms with Crippen LogP contribution in [0.2, 0.25) is 5.28 Å². The van der Waals surface area contributed by atoms with E-state index in [0.29, 0.717) is 24.4 Å². The maximum Gasteiger partial charge on any atom is 0.407 e. The van der Waals surface area contributed by atoms with Crippen LogP contribution >= 0.6 is 22.9 Å². The monoisotopic (exact) mass is 403 g/mol. The Morgan fingerprint density at radius 2 is 2.19 bits per heavy atom. The second-order valence-corrected chi connectivity index (χ2v) is 7.17. The van der Waals surface area contributed by atoms with Crippen LogP contribution in [-0.2, 0) is 0 Å². The molecule has 27 heavy (non-hydrogen) atoms. The third-order valence-corrected chi connectivity index (χ3v) is 5.09. The Morgan fingerprint density at radius 3 is 2.89 bits per heavy atom. The lowest BCUT2D eigenvalue weighted by Gasteiger charge is -2.21. The average molecular weight is 404 g/mol. The predicted octanol–water partition coefficient (Wildman–Crippen LogP) is 4.98. The van der Waals surface area contributed by atoms with Crippen LogP contribution in [0.5, 0.6) is 5.75 Å². The molecule has 0 radical (unpaired) electrons. The molecule has 2 aromatic heterocycles. The first-order valence-corrected chi connectivity index (χ1v) is 9.52. The number of rotatable bonds is 7. The Hall–Kier alpha value is -2.64. The van der Waals surface area contributed by atoms with E-state index in [4.69, 9.17) is 21.4 Å². The summed E-state index contributed by atoms with van der Waals surface area (Å²) in [5.74, 6) is 0.679. The molecule has 0 fully saturated rings. The van der Waals surface area contributed by atoms with Crippen molar-refractivity contribution in [1.29, 1.82) is 0 Å². The van der Waals surface area contributed by atoms with Crippen molar-refractivity contribution in [2.24, 2.45) is 0 Å². The molecule has 0 bridgehead atoms. The highest BCUT2D eigenvalue weighted by Gasteiger charge is 2.17. The third-order valence-electron chi connectivity index (χ3n) is 3.95. The maximum atomic E-state index is 11.1. The molecule has 1 N–H and O–H groups in total. The molecule has 3 rings (SSSR count). The highest BCUT2D eigenvalue weighted by Crippen LogP contribution is 2.30. The molecular formula is C19H18ClN3O3S.